The van der Waals surface area contributed by atoms with Gasteiger partial charge in [-0.25, -0.2) is 0 Å². The molecule has 2 aliphatic rings. The van der Waals surface area contributed by atoms with Crippen molar-refractivity contribution < 1.29 is 9.84 Å². The van der Waals surface area contributed by atoms with Gasteiger partial charge in [-0.2, -0.15) is 0 Å². The number of fused-ring (bicyclic) bond motifs is 1. The minimum Gasteiger partial charge on any atom is -0.497 e. The Morgan fingerprint density at radius 1 is 1.19 bits per heavy atom. The number of aliphatic hydroxyl groups excluding tert-OH is 1. The lowest BCUT2D eigenvalue weighted by Crippen LogP contribution is -2.44. The lowest BCUT2D eigenvalue weighted by molar-refractivity contribution is 0.0381. The van der Waals surface area contributed by atoms with Crippen molar-refractivity contribution in [2.75, 3.05) is 40.3 Å². The summed E-state index contributed by atoms with van der Waals surface area (Å²) in [5.41, 5.74) is 2.33. The average molecular weight is 290 g/mol. The van der Waals surface area contributed by atoms with Crippen LogP contribution < -0.4 is 4.74 Å². The van der Waals surface area contributed by atoms with Crippen molar-refractivity contribution in [2.45, 2.75) is 31.4 Å². The molecule has 0 saturated carbocycles. The van der Waals surface area contributed by atoms with E-state index in [0.717, 1.165) is 50.3 Å². The predicted octanol–water partition coefficient (Wildman–Crippen LogP) is 1.68. The van der Waals surface area contributed by atoms with Crippen molar-refractivity contribution in [1.82, 2.24) is 9.80 Å². The van der Waals surface area contributed by atoms with Crippen LogP contribution in [0.5, 0.6) is 5.75 Å². The molecule has 0 radical (unpaired) electrons. The number of nitrogens with zero attached hydrogens (tertiary/aromatic N) is 2. The molecule has 21 heavy (non-hydrogen) atoms. The molecule has 1 aliphatic carbocycles. The summed E-state index contributed by atoms with van der Waals surface area (Å²) in [6.07, 6.45) is 2.88. The van der Waals surface area contributed by atoms with Crippen molar-refractivity contribution >= 4 is 0 Å². The Kier molecular flexibility index (Phi) is 4.48. The number of aliphatic hydroxyl groups is 1. The van der Waals surface area contributed by atoms with Gasteiger partial charge in [-0.1, -0.05) is 6.07 Å². The van der Waals surface area contributed by atoms with Crippen LogP contribution in [0.3, 0.4) is 0 Å². The van der Waals surface area contributed by atoms with E-state index in [2.05, 4.69) is 22.9 Å². The van der Waals surface area contributed by atoms with Crippen molar-refractivity contribution in [3.05, 3.63) is 29.3 Å². The summed E-state index contributed by atoms with van der Waals surface area (Å²) in [4.78, 5) is 4.87. The van der Waals surface area contributed by atoms with E-state index in [-0.39, 0.29) is 12.1 Å². The Balaban J connectivity index is 1.77. The molecule has 1 aromatic carbocycles. The maximum atomic E-state index is 10.8. The molecule has 0 aromatic heterocycles. The first-order valence-electron chi connectivity index (χ1n) is 7.96. The third-order valence-corrected chi connectivity index (χ3v) is 4.97. The summed E-state index contributed by atoms with van der Waals surface area (Å²) < 4.78 is 5.29. The molecule has 4 heteroatoms. The quantitative estimate of drug-likeness (QED) is 0.899. The maximum Gasteiger partial charge on any atom is 0.119 e. The molecule has 2 atom stereocenters. The maximum absolute atomic E-state index is 10.8. The molecule has 4 nitrogen and oxygen atoms in total. The van der Waals surface area contributed by atoms with Gasteiger partial charge in [0.2, 0.25) is 0 Å². The summed E-state index contributed by atoms with van der Waals surface area (Å²) in [6.45, 7) is 4.41. The van der Waals surface area contributed by atoms with Gasteiger partial charge in [-0.15, -0.1) is 0 Å². The van der Waals surface area contributed by atoms with Crippen molar-refractivity contribution in [3.8, 4) is 5.75 Å². The van der Waals surface area contributed by atoms with Crippen molar-refractivity contribution in [1.29, 1.82) is 0 Å². The molecule has 2 unspecified atom stereocenters. The fraction of sp³-hybridized carbons (Fsp3) is 0.647. The van der Waals surface area contributed by atoms with Gasteiger partial charge in [-0.3, -0.25) is 4.90 Å². The van der Waals surface area contributed by atoms with Crippen LogP contribution in [0.2, 0.25) is 0 Å². The van der Waals surface area contributed by atoms with Gasteiger partial charge in [0.15, 0.2) is 0 Å². The number of benzene rings is 1. The topological polar surface area (TPSA) is 35.9 Å². The van der Waals surface area contributed by atoms with Crippen LogP contribution in [0.25, 0.3) is 0 Å². The summed E-state index contributed by atoms with van der Waals surface area (Å²) >= 11 is 0. The standard InChI is InChI=1S/C17H26N2O2/c1-18-8-3-9-19(11-10-18)16-7-4-13-12-14(21-2)5-6-15(13)17(16)20/h5-6,12,16-17,20H,3-4,7-11H2,1-2H3. The summed E-state index contributed by atoms with van der Waals surface area (Å²) in [5.74, 6) is 0.885. The van der Waals surface area contributed by atoms with Gasteiger partial charge in [0.05, 0.1) is 13.2 Å². The molecule has 0 amide bonds. The van der Waals surface area contributed by atoms with Gasteiger partial charge in [-0.05, 0) is 62.7 Å². The van der Waals surface area contributed by atoms with Crippen LogP contribution in [0.1, 0.15) is 30.1 Å². The highest BCUT2D eigenvalue weighted by Gasteiger charge is 2.32. The Morgan fingerprint density at radius 3 is 2.86 bits per heavy atom. The van der Waals surface area contributed by atoms with Gasteiger partial charge in [0, 0.05) is 19.1 Å². The zero-order valence-electron chi connectivity index (χ0n) is 13.1. The van der Waals surface area contributed by atoms with Crippen LogP contribution in [0, 0.1) is 0 Å². The van der Waals surface area contributed by atoms with Crippen molar-refractivity contribution in [3.63, 3.8) is 0 Å². The molecule has 1 aliphatic heterocycles. The van der Waals surface area contributed by atoms with E-state index < -0.39 is 0 Å². The Morgan fingerprint density at radius 2 is 2.05 bits per heavy atom. The third-order valence-electron chi connectivity index (χ3n) is 4.97. The van der Waals surface area contributed by atoms with Crippen LogP contribution >= 0.6 is 0 Å². The zero-order valence-corrected chi connectivity index (χ0v) is 13.1. The largest absolute Gasteiger partial charge is 0.497 e. The molecule has 0 spiro atoms. The molecular weight excluding hydrogens is 264 g/mol. The van der Waals surface area contributed by atoms with E-state index >= 15 is 0 Å². The highest BCUT2D eigenvalue weighted by atomic mass is 16.5. The van der Waals surface area contributed by atoms with Crippen LogP contribution in [-0.4, -0.2) is 61.3 Å². The molecule has 0 bridgehead atoms. The number of aryl methyl sites for hydroxylation is 1. The smallest absolute Gasteiger partial charge is 0.119 e. The van der Waals surface area contributed by atoms with Crippen LogP contribution in [-0.2, 0) is 6.42 Å². The minimum absolute atomic E-state index is 0.261. The van der Waals surface area contributed by atoms with E-state index in [1.807, 2.05) is 12.1 Å². The number of hydrogen-bond acceptors (Lipinski definition) is 4. The van der Waals surface area contributed by atoms with Gasteiger partial charge >= 0.3 is 0 Å². The van der Waals surface area contributed by atoms with Crippen LogP contribution in [0.15, 0.2) is 18.2 Å². The lowest BCUT2D eigenvalue weighted by atomic mass is 9.85. The number of likely N-dealkylation sites (N-methyl/N-ethyl adjacent to an activating group) is 1. The molecule has 3 rings (SSSR count). The molecule has 1 heterocycles. The third kappa shape index (κ3) is 3.07. The van der Waals surface area contributed by atoms with E-state index in [9.17, 15) is 5.11 Å². The highest BCUT2D eigenvalue weighted by Crippen LogP contribution is 2.35. The number of methoxy groups -OCH3 is 1. The monoisotopic (exact) mass is 290 g/mol. The number of ether oxygens (including phenoxy) is 1. The summed E-state index contributed by atoms with van der Waals surface area (Å²) in [7, 11) is 3.87. The number of rotatable bonds is 2. The molecular formula is C17H26N2O2. The second kappa shape index (κ2) is 6.34. The SMILES string of the molecule is COc1ccc2c(c1)CCC(N1CCCN(C)CC1)C2O. The first-order chi connectivity index (χ1) is 10.2. The fourth-order valence-corrected chi connectivity index (χ4v) is 3.66. The molecule has 1 aromatic rings. The molecule has 1 saturated heterocycles. The normalized spacial score (nSPS) is 28.0. The van der Waals surface area contributed by atoms with Gasteiger partial charge in [0.25, 0.3) is 0 Å². The van der Waals surface area contributed by atoms with E-state index in [0.29, 0.717) is 0 Å². The Hall–Kier alpha value is -1.10. The minimum atomic E-state index is -0.372. The fourth-order valence-electron chi connectivity index (χ4n) is 3.66. The van der Waals surface area contributed by atoms with Crippen LogP contribution in [0.4, 0.5) is 0 Å². The molecule has 1 fully saturated rings. The van der Waals surface area contributed by atoms with E-state index in [4.69, 9.17) is 4.74 Å². The average Bonchev–Trinajstić information content (AvgIpc) is 2.72. The summed E-state index contributed by atoms with van der Waals surface area (Å²) in [6, 6.07) is 6.33. The lowest BCUT2D eigenvalue weighted by Gasteiger charge is -2.38. The van der Waals surface area contributed by atoms with Gasteiger partial charge in [0.1, 0.15) is 5.75 Å². The molecule has 116 valence electrons. The Labute approximate surface area is 127 Å². The highest BCUT2D eigenvalue weighted by molar-refractivity contribution is 5.39. The van der Waals surface area contributed by atoms with E-state index in [1.54, 1.807) is 7.11 Å². The van der Waals surface area contributed by atoms with Gasteiger partial charge < -0.3 is 14.7 Å². The molecule has 1 N–H and O–H groups in total. The first kappa shape index (κ1) is 14.8. The first-order valence-corrected chi connectivity index (χ1v) is 7.96. The second-order valence-corrected chi connectivity index (χ2v) is 6.31. The summed E-state index contributed by atoms with van der Waals surface area (Å²) in [5, 5.41) is 10.8. The number of hydrogen-bond donors (Lipinski definition) is 1. The zero-order chi connectivity index (χ0) is 14.8. The predicted molar refractivity (Wildman–Crippen MR) is 83.7 cm³/mol. The second-order valence-electron chi connectivity index (χ2n) is 6.31. The van der Waals surface area contributed by atoms with Crippen molar-refractivity contribution in [2.24, 2.45) is 0 Å². The Bertz CT molecular complexity index is 492. The van der Waals surface area contributed by atoms with E-state index in [1.165, 1.54) is 12.0 Å².